The van der Waals surface area contributed by atoms with Gasteiger partial charge in [-0.25, -0.2) is 0 Å². The molecule has 0 bridgehead atoms. The standard InChI is InChI=1S/C6H11NO3S/c1-3-5-7-11(8,9)10-6-4-2/h3-4,7H,1-2,5-6H2. The molecule has 0 aromatic heterocycles. The zero-order valence-electron chi connectivity index (χ0n) is 6.12. The topological polar surface area (TPSA) is 55.4 Å². The Morgan fingerprint density at radius 3 is 2.45 bits per heavy atom. The Hall–Kier alpha value is -0.650. The van der Waals surface area contributed by atoms with Crippen LogP contribution < -0.4 is 4.72 Å². The van der Waals surface area contributed by atoms with Crippen LogP contribution in [0.4, 0.5) is 0 Å². The van der Waals surface area contributed by atoms with Crippen molar-refractivity contribution in [2.45, 2.75) is 0 Å². The third-order valence-electron chi connectivity index (χ3n) is 0.745. The molecule has 0 rings (SSSR count). The molecular weight excluding hydrogens is 166 g/mol. The van der Waals surface area contributed by atoms with Gasteiger partial charge in [-0.15, -0.1) is 13.2 Å². The van der Waals surface area contributed by atoms with Gasteiger partial charge in [0.05, 0.1) is 6.61 Å². The molecule has 0 aliphatic heterocycles. The van der Waals surface area contributed by atoms with Gasteiger partial charge in [0.15, 0.2) is 0 Å². The first-order chi connectivity index (χ1) is 5.12. The predicted molar refractivity (Wildman–Crippen MR) is 43.3 cm³/mol. The lowest BCUT2D eigenvalue weighted by molar-refractivity contribution is 0.350. The Labute approximate surface area is 66.8 Å². The van der Waals surface area contributed by atoms with E-state index >= 15 is 0 Å². The second-order valence-corrected chi connectivity index (χ2v) is 3.10. The van der Waals surface area contributed by atoms with E-state index in [2.05, 4.69) is 22.1 Å². The highest BCUT2D eigenvalue weighted by molar-refractivity contribution is 7.84. The van der Waals surface area contributed by atoms with E-state index in [0.29, 0.717) is 0 Å². The van der Waals surface area contributed by atoms with E-state index in [-0.39, 0.29) is 13.2 Å². The summed E-state index contributed by atoms with van der Waals surface area (Å²) in [6.45, 7) is 6.79. The molecule has 11 heavy (non-hydrogen) atoms. The van der Waals surface area contributed by atoms with Gasteiger partial charge in [-0.1, -0.05) is 12.2 Å². The van der Waals surface area contributed by atoms with E-state index in [4.69, 9.17) is 0 Å². The normalized spacial score (nSPS) is 10.9. The van der Waals surface area contributed by atoms with E-state index in [0.717, 1.165) is 0 Å². The van der Waals surface area contributed by atoms with Crippen LogP contribution in [-0.2, 0) is 14.5 Å². The summed E-state index contributed by atoms with van der Waals surface area (Å²) in [6.07, 6.45) is 2.78. The van der Waals surface area contributed by atoms with Gasteiger partial charge in [0.2, 0.25) is 0 Å². The smallest absolute Gasteiger partial charge is 0.254 e. The Kier molecular flexibility index (Phi) is 4.76. The average molecular weight is 177 g/mol. The molecule has 0 unspecified atom stereocenters. The number of hydrogen-bond donors (Lipinski definition) is 1. The Bertz CT molecular complexity index is 202. The quantitative estimate of drug-likeness (QED) is 0.590. The van der Waals surface area contributed by atoms with Crippen LogP contribution in [0.5, 0.6) is 0 Å². The monoisotopic (exact) mass is 177 g/mol. The lowest BCUT2D eigenvalue weighted by Gasteiger charge is -2.01. The number of hydrogen-bond acceptors (Lipinski definition) is 3. The largest absolute Gasteiger partial charge is 0.336 e. The molecule has 5 heteroatoms. The van der Waals surface area contributed by atoms with E-state index in [1.807, 2.05) is 0 Å². The van der Waals surface area contributed by atoms with Crippen LogP contribution in [-0.4, -0.2) is 21.6 Å². The zero-order valence-corrected chi connectivity index (χ0v) is 6.93. The summed E-state index contributed by atoms with van der Waals surface area (Å²) in [5.74, 6) is 0. The SMILES string of the molecule is C=CCNS(=O)(=O)OCC=C. The van der Waals surface area contributed by atoms with Crippen molar-refractivity contribution >= 4 is 10.3 Å². The maximum atomic E-state index is 10.7. The minimum absolute atomic E-state index is 0.0214. The molecule has 0 radical (unpaired) electrons. The van der Waals surface area contributed by atoms with Crippen LogP contribution in [0.1, 0.15) is 0 Å². The summed E-state index contributed by atoms with van der Waals surface area (Å²) < 4.78 is 27.9. The average Bonchev–Trinajstić information content (AvgIpc) is 1.97. The molecule has 64 valence electrons. The maximum Gasteiger partial charge on any atom is 0.336 e. The van der Waals surface area contributed by atoms with Gasteiger partial charge < -0.3 is 0 Å². The van der Waals surface area contributed by atoms with Gasteiger partial charge in [-0.05, 0) is 0 Å². The van der Waals surface area contributed by atoms with Crippen LogP contribution in [0.25, 0.3) is 0 Å². The number of nitrogens with one attached hydrogen (secondary N) is 1. The van der Waals surface area contributed by atoms with E-state index in [1.54, 1.807) is 0 Å². The second kappa shape index (κ2) is 5.06. The van der Waals surface area contributed by atoms with Crippen molar-refractivity contribution in [3.8, 4) is 0 Å². The predicted octanol–water partition coefficient (Wildman–Crippen LogP) is 0.209. The fraction of sp³-hybridized carbons (Fsp3) is 0.333. The molecule has 0 aromatic rings. The summed E-state index contributed by atoms with van der Waals surface area (Å²) >= 11 is 0. The van der Waals surface area contributed by atoms with Crippen molar-refractivity contribution < 1.29 is 12.6 Å². The molecular formula is C6H11NO3S. The summed E-state index contributed by atoms with van der Waals surface area (Å²) in [5, 5.41) is 0. The molecule has 0 aliphatic rings. The van der Waals surface area contributed by atoms with Crippen LogP contribution in [0.15, 0.2) is 25.3 Å². The first kappa shape index (κ1) is 10.3. The summed E-state index contributed by atoms with van der Waals surface area (Å²) in [6, 6.07) is 0. The molecule has 0 fully saturated rings. The molecule has 1 N–H and O–H groups in total. The molecule has 0 heterocycles. The first-order valence-electron chi connectivity index (χ1n) is 2.98. The summed E-state index contributed by atoms with van der Waals surface area (Å²) in [5.41, 5.74) is 0. The second-order valence-electron chi connectivity index (χ2n) is 1.66. The van der Waals surface area contributed by atoms with Crippen LogP contribution in [0.3, 0.4) is 0 Å². The minimum Gasteiger partial charge on any atom is -0.254 e. The Balaban J connectivity index is 3.80. The molecule has 0 spiro atoms. The van der Waals surface area contributed by atoms with Crippen LogP contribution >= 0.6 is 0 Å². The van der Waals surface area contributed by atoms with Gasteiger partial charge in [0, 0.05) is 6.54 Å². The molecule has 4 nitrogen and oxygen atoms in total. The van der Waals surface area contributed by atoms with Crippen molar-refractivity contribution in [2.75, 3.05) is 13.2 Å². The van der Waals surface area contributed by atoms with Crippen molar-refractivity contribution in [1.82, 2.24) is 4.72 Å². The fourth-order valence-corrected chi connectivity index (χ4v) is 1.02. The molecule has 0 saturated heterocycles. The first-order valence-corrected chi connectivity index (χ1v) is 4.39. The molecule has 0 amide bonds. The summed E-state index contributed by atoms with van der Waals surface area (Å²) in [4.78, 5) is 0. The molecule has 0 aliphatic carbocycles. The highest BCUT2D eigenvalue weighted by atomic mass is 32.2. The van der Waals surface area contributed by atoms with E-state index in [9.17, 15) is 8.42 Å². The fourth-order valence-electron chi connectivity index (χ4n) is 0.340. The third-order valence-corrected chi connectivity index (χ3v) is 1.71. The summed E-state index contributed by atoms with van der Waals surface area (Å²) in [7, 11) is -3.60. The third kappa shape index (κ3) is 5.78. The Morgan fingerprint density at radius 2 is 2.00 bits per heavy atom. The zero-order chi connectivity index (χ0) is 8.74. The van der Waals surface area contributed by atoms with Gasteiger partial charge in [-0.2, -0.15) is 13.1 Å². The van der Waals surface area contributed by atoms with Crippen molar-refractivity contribution in [3.05, 3.63) is 25.3 Å². The highest BCUT2D eigenvalue weighted by Crippen LogP contribution is 1.86. The lowest BCUT2D eigenvalue weighted by atomic mass is 10.7. The minimum atomic E-state index is -3.60. The van der Waals surface area contributed by atoms with Crippen molar-refractivity contribution in [2.24, 2.45) is 0 Å². The van der Waals surface area contributed by atoms with Crippen molar-refractivity contribution in [3.63, 3.8) is 0 Å². The van der Waals surface area contributed by atoms with Crippen molar-refractivity contribution in [1.29, 1.82) is 0 Å². The molecule has 0 saturated carbocycles. The van der Waals surface area contributed by atoms with Gasteiger partial charge in [-0.3, -0.25) is 4.18 Å². The highest BCUT2D eigenvalue weighted by Gasteiger charge is 2.05. The van der Waals surface area contributed by atoms with E-state index < -0.39 is 10.3 Å². The van der Waals surface area contributed by atoms with Crippen LogP contribution in [0, 0.1) is 0 Å². The Morgan fingerprint density at radius 1 is 1.36 bits per heavy atom. The van der Waals surface area contributed by atoms with Gasteiger partial charge in [0.1, 0.15) is 0 Å². The molecule has 0 aromatic carbocycles. The maximum absolute atomic E-state index is 10.7. The van der Waals surface area contributed by atoms with E-state index in [1.165, 1.54) is 12.2 Å². The lowest BCUT2D eigenvalue weighted by Crippen LogP contribution is -2.25. The van der Waals surface area contributed by atoms with Crippen LogP contribution in [0.2, 0.25) is 0 Å². The van der Waals surface area contributed by atoms with Gasteiger partial charge in [0.25, 0.3) is 0 Å². The molecule has 0 atom stereocenters. The van der Waals surface area contributed by atoms with Gasteiger partial charge >= 0.3 is 10.3 Å². The number of rotatable bonds is 6.